The average molecular weight is 283 g/mol. The molecule has 0 N–H and O–H groups in total. The minimum absolute atomic E-state index is 0.135. The first-order chi connectivity index (χ1) is 9.08. The topological polar surface area (TPSA) is 65.5 Å². The number of ether oxygens (including phenoxy) is 2. The first kappa shape index (κ1) is 15.5. The zero-order chi connectivity index (χ0) is 14.3. The van der Waals surface area contributed by atoms with Gasteiger partial charge in [0, 0.05) is 17.7 Å². The maximum Gasteiger partial charge on any atom is 0.339 e. The number of aromatic nitrogens is 1. The summed E-state index contributed by atoms with van der Waals surface area (Å²) in [5.74, 6) is 0.618. The lowest BCUT2D eigenvalue weighted by molar-refractivity contribution is -0.144. The summed E-state index contributed by atoms with van der Waals surface area (Å²) in [7, 11) is 2.72. The van der Waals surface area contributed by atoms with Crippen molar-refractivity contribution in [2.45, 2.75) is 12.7 Å². The lowest BCUT2D eigenvalue weighted by atomic mass is 10.2. The van der Waals surface area contributed by atoms with Gasteiger partial charge in [-0.1, -0.05) is 6.92 Å². The molecule has 1 unspecified atom stereocenters. The van der Waals surface area contributed by atoms with Crippen molar-refractivity contribution < 1.29 is 19.1 Å². The zero-order valence-corrected chi connectivity index (χ0v) is 12.0. The molecule has 0 amide bonds. The fraction of sp³-hybridized carbons (Fsp3) is 0.462. The third-order valence-corrected chi connectivity index (χ3v) is 3.70. The summed E-state index contributed by atoms with van der Waals surface area (Å²) in [6.07, 6.45) is 1.49. The molecule has 0 aromatic carbocycles. The molecule has 0 aliphatic heterocycles. The van der Waals surface area contributed by atoms with Crippen LogP contribution in [-0.2, 0) is 20.0 Å². The minimum atomic E-state index is -0.397. The number of methoxy groups -OCH3 is 2. The van der Waals surface area contributed by atoms with E-state index in [9.17, 15) is 9.59 Å². The normalized spacial score (nSPS) is 11.7. The molecular weight excluding hydrogens is 266 g/mol. The molecule has 0 spiro atoms. The number of rotatable bonds is 6. The van der Waals surface area contributed by atoms with Crippen molar-refractivity contribution in [1.82, 2.24) is 4.98 Å². The molecule has 5 nitrogen and oxygen atoms in total. The van der Waals surface area contributed by atoms with Crippen molar-refractivity contribution in [1.29, 1.82) is 0 Å². The van der Waals surface area contributed by atoms with Gasteiger partial charge >= 0.3 is 11.9 Å². The Balaban J connectivity index is 2.42. The SMILES string of the molecule is COC(=O)c1ccc(CSCC(C)C(=O)OC)nc1. The average Bonchev–Trinajstić information content (AvgIpc) is 2.46. The first-order valence-electron chi connectivity index (χ1n) is 5.77. The van der Waals surface area contributed by atoms with Gasteiger partial charge in [0.2, 0.25) is 0 Å². The van der Waals surface area contributed by atoms with Gasteiger partial charge in [0.25, 0.3) is 0 Å². The van der Waals surface area contributed by atoms with Crippen molar-refractivity contribution in [2.75, 3.05) is 20.0 Å². The van der Waals surface area contributed by atoms with Crippen molar-refractivity contribution in [3.63, 3.8) is 0 Å². The van der Waals surface area contributed by atoms with Crippen LogP contribution in [-0.4, -0.2) is 36.9 Å². The molecule has 0 aliphatic carbocycles. The Morgan fingerprint density at radius 1 is 1.32 bits per heavy atom. The molecule has 0 bridgehead atoms. The van der Waals surface area contributed by atoms with E-state index in [-0.39, 0.29) is 11.9 Å². The van der Waals surface area contributed by atoms with Crippen LogP contribution in [0.1, 0.15) is 23.0 Å². The second-order valence-electron chi connectivity index (χ2n) is 3.97. The molecule has 6 heteroatoms. The smallest absolute Gasteiger partial charge is 0.339 e. The van der Waals surface area contributed by atoms with E-state index in [0.717, 1.165) is 5.69 Å². The molecule has 0 saturated heterocycles. The molecule has 1 aromatic heterocycles. The van der Waals surface area contributed by atoms with Crippen molar-refractivity contribution in [3.05, 3.63) is 29.6 Å². The highest BCUT2D eigenvalue weighted by atomic mass is 32.2. The lowest BCUT2D eigenvalue weighted by Crippen LogP contribution is -2.14. The predicted octanol–water partition coefficient (Wildman–Crippen LogP) is 1.91. The van der Waals surface area contributed by atoms with Gasteiger partial charge in [0.15, 0.2) is 0 Å². The van der Waals surface area contributed by atoms with Crippen LogP contribution in [0.3, 0.4) is 0 Å². The number of nitrogens with zero attached hydrogens (tertiary/aromatic N) is 1. The largest absolute Gasteiger partial charge is 0.469 e. The number of carbonyl (C=O) groups is 2. The summed E-state index contributed by atoms with van der Waals surface area (Å²) < 4.78 is 9.24. The first-order valence-corrected chi connectivity index (χ1v) is 6.92. The van der Waals surface area contributed by atoms with E-state index in [4.69, 9.17) is 0 Å². The Morgan fingerprint density at radius 2 is 2.05 bits per heavy atom. The Labute approximate surface area is 116 Å². The fourth-order valence-corrected chi connectivity index (χ4v) is 2.35. The molecule has 1 rings (SSSR count). The highest BCUT2D eigenvalue weighted by molar-refractivity contribution is 7.98. The number of pyridine rings is 1. The molecule has 19 heavy (non-hydrogen) atoms. The van der Waals surface area contributed by atoms with E-state index in [2.05, 4.69) is 14.5 Å². The molecular formula is C13H17NO4S. The number of thioether (sulfide) groups is 1. The molecule has 0 aliphatic rings. The van der Waals surface area contributed by atoms with Crippen molar-refractivity contribution in [3.8, 4) is 0 Å². The van der Waals surface area contributed by atoms with E-state index < -0.39 is 5.97 Å². The third kappa shape index (κ3) is 4.90. The summed E-state index contributed by atoms with van der Waals surface area (Å²) in [6.45, 7) is 1.83. The van der Waals surface area contributed by atoms with E-state index in [0.29, 0.717) is 17.1 Å². The predicted molar refractivity (Wildman–Crippen MR) is 72.9 cm³/mol. The Bertz CT molecular complexity index is 433. The number of hydrogen-bond acceptors (Lipinski definition) is 6. The van der Waals surface area contributed by atoms with Gasteiger partial charge in [-0.25, -0.2) is 4.79 Å². The fourth-order valence-electron chi connectivity index (χ4n) is 1.36. The van der Waals surface area contributed by atoms with Crippen LogP contribution < -0.4 is 0 Å². The Morgan fingerprint density at radius 3 is 2.58 bits per heavy atom. The molecule has 1 aromatic rings. The summed E-state index contributed by atoms with van der Waals surface area (Å²) in [5.41, 5.74) is 1.29. The highest BCUT2D eigenvalue weighted by Crippen LogP contribution is 2.15. The molecule has 0 fully saturated rings. The van der Waals surface area contributed by atoms with Crippen LogP contribution in [0.25, 0.3) is 0 Å². The van der Waals surface area contributed by atoms with Crippen LogP contribution in [0, 0.1) is 5.92 Å². The van der Waals surface area contributed by atoms with Gasteiger partial charge in [-0.05, 0) is 12.1 Å². The summed E-state index contributed by atoms with van der Waals surface area (Å²) in [6, 6.07) is 3.46. The highest BCUT2D eigenvalue weighted by Gasteiger charge is 2.13. The van der Waals surface area contributed by atoms with E-state index in [1.807, 2.05) is 6.92 Å². The van der Waals surface area contributed by atoms with E-state index in [1.165, 1.54) is 20.4 Å². The van der Waals surface area contributed by atoms with Crippen molar-refractivity contribution >= 4 is 23.7 Å². The summed E-state index contributed by atoms with van der Waals surface area (Å²) in [5, 5.41) is 0. The monoisotopic (exact) mass is 283 g/mol. The van der Waals surface area contributed by atoms with Crippen LogP contribution >= 0.6 is 11.8 Å². The van der Waals surface area contributed by atoms with Gasteiger partial charge in [-0.15, -0.1) is 0 Å². The standard InChI is InChI=1S/C13H17NO4S/c1-9(12(15)17-2)7-19-8-11-5-4-10(6-14-11)13(16)18-3/h4-6,9H,7-8H2,1-3H3. The van der Waals surface area contributed by atoms with Crippen LogP contribution in [0.15, 0.2) is 18.3 Å². The minimum Gasteiger partial charge on any atom is -0.469 e. The van der Waals surface area contributed by atoms with Crippen LogP contribution in [0.2, 0.25) is 0 Å². The number of carbonyl (C=O) groups excluding carboxylic acids is 2. The van der Waals surface area contributed by atoms with E-state index in [1.54, 1.807) is 23.9 Å². The number of hydrogen-bond donors (Lipinski definition) is 0. The van der Waals surface area contributed by atoms with Crippen LogP contribution in [0.4, 0.5) is 0 Å². The molecule has 1 atom stereocenters. The Hall–Kier alpha value is -1.56. The lowest BCUT2D eigenvalue weighted by Gasteiger charge is -2.08. The molecule has 104 valence electrons. The number of esters is 2. The maximum absolute atomic E-state index is 11.2. The van der Waals surface area contributed by atoms with Gasteiger partial charge in [0.05, 0.1) is 31.4 Å². The zero-order valence-electron chi connectivity index (χ0n) is 11.2. The third-order valence-electron chi connectivity index (χ3n) is 2.47. The molecule has 0 saturated carbocycles. The maximum atomic E-state index is 11.2. The van der Waals surface area contributed by atoms with Crippen LogP contribution in [0.5, 0.6) is 0 Å². The summed E-state index contributed by atoms with van der Waals surface area (Å²) in [4.78, 5) is 26.6. The van der Waals surface area contributed by atoms with E-state index >= 15 is 0 Å². The Kier molecular flexibility index (Phi) is 6.35. The van der Waals surface area contributed by atoms with Gasteiger partial charge in [-0.3, -0.25) is 9.78 Å². The summed E-state index contributed by atoms with van der Waals surface area (Å²) >= 11 is 1.60. The quantitative estimate of drug-likeness (QED) is 0.743. The molecule has 1 heterocycles. The van der Waals surface area contributed by atoms with Gasteiger partial charge in [-0.2, -0.15) is 11.8 Å². The van der Waals surface area contributed by atoms with Crippen molar-refractivity contribution in [2.24, 2.45) is 5.92 Å². The second kappa shape index (κ2) is 7.78. The molecule has 0 radical (unpaired) electrons. The second-order valence-corrected chi connectivity index (χ2v) is 5.00. The van der Waals surface area contributed by atoms with Gasteiger partial charge < -0.3 is 9.47 Å². The van der Waals surface area contributed by atoms with Gasteiger partial charge in [0.1, 0.15) is 0 Å².